The predicted molar refractivity (Wildman–Crippen MR) is 66.0 cm³/mol. The van der Waals surface area contributed by atoms with E-state index in [1.807, 2.05) is 44.2 Å². The molecule has 0 saturated carbocycles. The molecule has 3 heteroatoms. The maximum atomic E-state index is 11.7. The van der Waals surface area contributed by atoms with Crippen molar-refractivity contribution in [3.63, 3.8) is 0 Å². The number of allylic oxidation sites excluding steroid dienone is 1. The van der Waals surface area contributed by atoms with Gasteiger partial charge in [-0.05, 0) is 37.6 Å². The Kier molecular flexibility index (Phi) is 4.56. The summed E-state index contributed by atoms with van der Waals surface area (Å²) in [5, 5.41) is 2.81. The Morgan fingerprint density at radius 2 is 2.20 bits per heavy atom. The molecule has 15 heavy (non-hydrogen) atoms. The van der Waals surface area contributed by atoms with Crippen molar-refractivity contribution in [3.8, 4) is 0 Å². The van der Waals surface area contributed by atoms with E-state index in [4.69, 9.17) is 0 Å². The summed E-state index contributed by atoms with van der Waals surface area (Å²) in [4.78, 5) is 11.7. The minimum absolute atomic E-state index is 0.0440. The Balaban J connectivity index is 2.73. The van der Waals surface area contributed by atoms with Gasteiger partial charge in [0.2, 0.25) is 0 Å². The van der Waals surface area contributed by atoms with Crippen LogP contribution < -0.4 is 5.32 Å². The van der Waals surface area contributed by atoms with E-state index in [2.05, 4.69) is 21.2 Å². The Morgan fingerprint density at radius 3 is 2.80 bits per heavy atom. The van der Waals surface area contributed by atoms with Crippen molar-refractivity contribution < 1.29 is 4.79 Å². The second kappa shape index (κ2) is 5.71. The van der Waals surface area contributed by atoms with Crippen LogP contribution in [0.25, 0.3) is 0 Å². The van der Waals surface area contributed by atoms with Crippen molar-refractivity contribution in [1.29, 1.82) is 0 Å². The minimum Gasteiger partial charge on any atom is -0.349 e. The van der Waals surface area contributed by atoms with Gasteiger partial charge in [0, 0.05) is 16.6 Å². The van der Waals surface area contributed by atoms with Crippen LogP contribution in [-0.4, -0.2) is 12.5 Å². The molecular weight excluding hydrogens is 254 g/mol. The third-order valence-electron chi connectivity index (χ3n) is 1.92. The first kappa shape index (κ1) is 12.0. The van der Waals surface area contributed by atoms with Crippen LogP contribution in [0.5, 0.6) is 0 Å². The zero-order valence-corrected chi connectivity index (χ0v) is 10.5. The van der Waals surface area contributed by atoms with Crippen LogP contribution in [0.15, 0.2) is 34.8 Å². The normalized spacial score (nSPS) is 10.6. The highest BCUT2D eigenvalue weighted by Crippen LogP contribution is 2.15. The number of carbonyl (C=O) groups is 1. The molecule has 0 unspecified atom stereocenters. The van der Waals surface area contributed by atoms with Crippen molar-refractivity contribution in [1.82, 2.24) is 5.32 Å². The zero-order valence-electron chi connectivity index (χ0n) is 8.88. The SMILES string of the molecule is C/C=C/CNC(=O)c1cc(C)cc(Br)c1. The standard InChI is InChI=1S/C12H14BrNO/c1-3-4-5-14-12(15)10-6-9(2)7-11(13)8-10/h3-4,6-8H,5H2,1-2H3,(H,14,15)/b4-3+. The molecule has 80 valence electrons. The van der Waals surface area contributed by atoms with E-state index in [1.54, 1.807) is 0 Å². The van der Waals surface area contributed by atoms with Gasteiger partial charge in [-0.25, -0.2) is 0 Å². The summed E-state index contributed by atoms with van der Waals surface area (Å²) >= 11 is 3.37. The van der Waals surface area contributed by atoms with Crippen LogP contribution in [0, 0.1) is 6.92 Å². The Labute approximate surface area is 98.5 Å². The number of rotatable bonds is 3. The van der Waals surface area contributed by atoms with Crippen molar-refractivity contribution in [3.05, 3.63) is 46.0 Å². The molecule has 0 bridgehead atoms. The number of hydrogen-bond acceptors (Lipinski definition) is 1. The summed E-state index contributed by atoms with van der Waals surface area (Å²) in [6.07, 6.45) is 3.81. The maximum Gasteiger partial charge on any atom is 0.251 e. The van der Waals surface area contributed by atoms with E-state index in [9.17, 15) is 4.79 Å². The first-order chi connectivity index (χ1) is 7.13. The molecule has 0 aromatic heterocycles. The molecule has 0 aliphatic heterocycles. The summed E-state index contributed by atoms with van der Waals surface area (Å²) < 4.78 is 0.929. The van der Waals surface area contributed by atoms with Crippen LogP contribution in [0.3, 0.4) is 0 Å². The van der Waals surface area contributed by atoms with Gasteiger partial charge in [-0.1, -0.05) is 28.1 Å². The molecule has 1 rings (SSSR count). The molecule has 0 fully saturated rings. The van der Waals surface area contributed by atoms with Gasteiger partial charge in [0.05, 0.1) is 0 Å². The van der Waals surface area contributed by atoms with Crippen LogP contribution in [-0.2, 0) is 0 Å². The topological polar surface area (TPSA) is 29.1 Å². The summed E-state index contributed by atoms with van der Waals surface area (Å²) in [5.74, 6) is -0.0440. The number of benzene rings is 1. The molecule has 0 saturated heterocycles. The quantitative estimate of drug-likeness (QED) is 0.839. The lowest BCUT2D eigenvalue weighted by atomic mass is 10.1. The summed E-state index contributed by atoms with van der Waals surface area (Å²) in [6, 6.07) is 5.66. The van der Waals surface area contributed by atoms with E-state index in [0.29, 0.717) is 12.1 Å². The van der Waals surface area contributed by atoms with Gasteiger partial charge >= 0.3 is 0 Å². The number of amides is 1. The molecule has 1 amide bonds. The smallest absolute Gasteiger partial charge is 0.251 e. The van der Waals surface area contributed by atoms with Gasteiger partial charge in [-0.15, -0.1) is 0 Å². The fourth-order valence-corrected chi connectivity index (χ4v) is 1.85. The highest BCUT2D eigenvalue weighted by Gasteiger charge is 2.05. The fraction of sp³-hybridized carbons (Fsp3) is 0.250. The molecule has 0 heterocycles. The third-order valence-corrected chi connectivity index (χ3v) is 2.38. The summed E-state index contributed by atoms with van der Waals surface area (Å²) in [7, 11) is 0. The molecule has 1 aromatic carbocycles. The average Bonchev–Trinajstić information content (AvgIpc) is 2.16. The number of nitrogens with one attached hydrogen (secondary N) is 1. The lowest BCUT2D eigenvalue weighted by Crippen LogP contribution is -2.23. The highest BCUT2D eigenvalue weighted by molar-refractivity contribution is 9.10. The van der Waals surface area contributed by atoms with Crippen molar-refractivity contribution >= 4 is 21.8 Å². The lowest BCUT2D eigenvalue weighted by molar-refractivity contribution is 0.0958. The molecule has 0 aliphatic rings. The number of carbonyl (C=O) groups excluding carboxylic acids is 1. The van der Waals surface area contributed by atoms with Crippen molar-refractivity contribution in [2.45, 2.75) is 13.8 Å². The van der Waals surface area contributed by atoms with Crippen LogP contribution in [0.1, 0.15) is 22.8 Å². The molecule has 1 aromatic rings. The Morgan fingerprint density at radius 1 is 1.47 bits per heavy atom. The first-order valence-electron chi connectivity index (χ1n) is 4.80. The third kappa shape index (κ3) is 3.88. The van der Waals surface area contributed by atoms with Crippen LogP contribution >= 0.6 is 15.9 Å². The van der Waals surface area contributed by atoms with Gasteiger partial charge in [-0.3, -0.25) is 4.79 Å². The van der Waals surface area contributed by atoms with E-state index in [0.717, 1.165) is 10.0 Å². The van der Waals surface area contributed by atoms with E-state index < -0.39 is 0 Å². The monoisotopic (exact) mass is 267 g/mol. The Bertz CT molecular complexity index is 365. The van der Waals surface area contributed by atoms with Gasteiger partial charge in [0.25, 0.3) is 5.91 Å². The van der Waals surface area contributed by atoms with Gasteiger partial charge in [0.15, 0.2) is 0 Å². The maximum absolute atomic E-state index is 11.7. The number of aryl methyl sites for hydroxylation is 1. The van der Waals surface area contributed by atoms with E-state index in [1.165, 1.54) is 0 Å². The molecule has 0 aliphatic carbocycles. The van der Waals surface area contributed by atoms with Gasteiger partial charge < -0.3 is 5.32 Å². The van der Waals surface area contributed by atoms with E-state index in [-0.39, 0.29) is 5.91 Å². The van der Waals surface area contributed by atoms with Gasteiger partial charge in [0.1, 0.15) is 0 Å². The molecule has 2 nitrogen and oxygen atoms in total. The molecule has 1 N–H and O–H groups in total. The van der Waals surface area contributed by atoms with Gasteiger partial charge in [-0.2, -0.15) is 0 Å². The largest absolute Gasteiger partial charge is 0.349 e. The second-order valence-corrected chi connectivity index (χ2v) is 4.21. The molecule has 0 radical (unpaired) electrons. The first-order valence-corrected chi connectivity index (χ1v) is 5.59. The Hall–Kier alpha value is -1.09. The predicted octanol–water partition coefficient (Wildman–Crippen LogP) is 3.06. The average molecular weight is 268 g/mol. The second-order valence-electron chi connectivity index (χ2n) is 3.30. The van der Waals surface area contributed by atoms with Crippen LogP contribution in [0.2, 0.25) is 0 Å². The molecular formula is C12H14BrNO. The lowest BCUT2D eigenvalue weighted by Gasteiger charge is -2.04. The number of hydrogen-bond donors (Lipinski definition) is 1. The van der Waals surface area contributed by atoms with E-state index >= 15 is 0 Å². The van der Waals surface area contributed by atoms with Crippen molar-refractivity contribution in [2.75, 3.05) is 6.54 Å². The minimum atomic E-state index is -0.0440. The highest BCUT2D eigenvalue weighted by atomic mass is 79.9. The zero-order chi connectivity index (χ0) is 11.3. The summed E-state index contributed by atoms with van der Waals surface area (Å²) in [5.41, 5.74) is 1.76. The summed E-state index contributed by atoms with van der Waals surface area (Å²) in [6.45, 7) is 4.46. The number of halogens is 1. The molecule has 0 atom stereocenters. The van der Waals surface area contributed by atoms with Crippen LogP contribution in [0.4, 0.5) is 0 Å². The molecule has 0 spiro atoms. The van der Waals surface area contributed by atoms with Crippen molar-refractivity contribution in [2.24, 2.45) is 0 Å². The fourth-order valence-electron chi connectivity index (χ4n) is 1.24.